The number of hydrogen-bond donors (Lipinski definition) is 0. The molecule has 0 bridgehead atoms. The summed E-state index contributed by atoms with van der Waals surface area (Å²) in [7, 11) is 0. The van der Waals surface area contributed by atoms with Gasteiger partial charge in [0.15, 0.2) is 0 Å². The normalized spacial score (nSPS) is 17.5. The molecule has 1 fully saturated rings. The van der Waals surface area contributed by atoms with Gasteiger partial charge >= 0.3 is 0 Å². The minimum Gasteiger partial charge on any atom is -0.488 e. The highest BCUT2D eigenvalue weighted by Gasteiger charge is 2.28. The first-order chi connectivity index (χ1) is 8.83. The molecule has 1 heterocycles. The molecule has 2 nitrogen and oxygen atoms in total. The molecule has 0 aliphatic carbocycles. The van der Waals surface area contributed by atoms with Crippen molar-refractivity contribution < 1.29 is 9.47 Å². The summed E-state index contributed by atoms with van der Waals surface area (Å²) in [5, 5.41) is 0. The Morgan fingerprint density at radius 3 is 2.67 bits per heavy atom. The van der Waals surface area contributed by atoms with Crippen molar-refractivity contribution in [1.29, 1.82) is 0 Å². The van der Waals surface area contributed by atoms with Crippen LogP contribution in [0.25, 0.3) is 0 Å². The first kappa shape index (κ1) is 11.8. The summed E-state index contributed by atoms with van der Waals surface area (Å²) < 4.78 is 12.3. The Kier molecular flexibility index (Phi) is 3.35. The largest absolute Gasteiger partial charge is 0.488 e. The van der Waals surface area contributed by atoms with E-state index in [1.807, 2.05) is 30.3 Å². The van der Waals surface area contributed by atoms with Crippen molar-refractivity contribution in [2.24, 2.45) is 0 Å². The van der Waals surface area contributed by atoms with Gasteiger partial charge in [0, 0.05) is 10.0 Å². The summed E-state index contributed by atoms with van der Waals surface area (Å²) in [5.74, 6) is 0.899. The van der Waals surface area contributed by atoms with E-state index in [4.69, 9.17) is 9.47 Å². The van der Waals surface area contributed by atoms with Crippen molar-refractivity contribution in [1.82, 2.24) is 0 Å². The van der Waals surface area contributed by atoms with Gasteiger partial charge in [-0.3, -0.25) is 0 Å². The SMILES string of the molecule is Brc1ccc([C@H]2CO2)c(OCc2ccccc2)c1. The third-order valence-electron chi connectivity index (χ3n) is 2.89. The molecule has 0 unspecified atom stereocenters. The van der Waals surface area contributed by atoms with E-state index < -0.39 is 0 Å². The lowest BCUT2D eigenvalue weighted by atomic mass is 10.1. The molecule has 18 heavy (non-hydrogen) atoms. The molecule has 1 aliphatic rings. The van der Waals surface area contributed by atoms with E-state index in [0.29, 0.717) is 6.61 Å². The second-order valence-electron chi connectivity index (χ2n) is 4.28. The Morgan fingerprint density at radius 1 is 1.17 bits per heavy atom. The summed E-state index contributed by atoms with van der Waals surface area (Å²) in [4.78, 5) is 0. The predicted octanol–water partition coefficient (Wildman–Crippen LogP) is 4.10. The molecule has 0 radical (unpaired) electrons. The topological polar surface area (TPSA) is 21.8 Å². The van der Waals surface area contributed by atoms with Crippen LogP contribution in [0.4, 0.5) is 0 Å². The first-order valence-corrected chi connectivity index (χ1v) is 6.70. The van der Waals surface area contributed by atoms with Crippen molar-refractivity contribution in [3.05, 3.63) is 64.1 Å². The molecule has 0 amide bonds. The van der Waals surface area contributed by atoms with Crippen LogP contribution in [0.3, 0.4) is 0 Å². The average Bonchev–Trinajstić information content (AvgIpc) is 3.22. The number of rotatable bonds is 4. The molecular weight excluding hydrogens is 292 g/mol. The van der Waals surface area contributed by atoms with E-state index in [0.717, 1.165) is 22.4 Å². The fourth-order valence-electron chi connectivity index (χ4n) is 1.86. The number of epoxide rings is 1. The molecule has 0 aromatic heterocycles. The summed E-state index contributed by atoms with van der Waals surface area (Å²) in [5.41, 5.74) is 2.30. The van der Waals surface area contributed by atoms with Gasteiger partial charge in [-0.1, -0.05) is 52.3 Å². The maximum absolute atomic E-state index is 5.90. The predicted molar refractivity (Wildman–Crippen MR) is 73.6 cm³/mol. The monoisotopic (exact) mass is 304 g/mol. The zero-order valence-electron chi connectivity index (χ0n) is 9.80. The quantitative estimate of drug-likeness (QED) is 0.793. The number of benzene rings is 2. The van der Waals surface area contributed by atoms with Crippen molar-refractivity contribution in [3.8, 4) is 5.75 Å². The number of halogens is 1. The zero-order chi connectivity index (χ0) is 12.4. The minimum atomic E-state index is 0.212. The van der Waals surface area contributed by atoms with Crippen molar-refractivity contribution >= 4 is 15.9 Å². The van der Waals surface area contributed by atoms with E-state index in [1.54, 1.807) is 0 Å². The van der Waals surface area contributed by atoms with E-state index in [-0.39, 0.29) is 6.10 Å². The van der Waals surface area contributed by atoms with Gasteiger partial charge in [0.2, 0.25) is 0 Å². The van der Waals surface area contributed by atoms with Crippen LogP contribution in [0.1, 0.15) is 17.2 Å². The number of hydrogen-bond acceptors (Lipinski definition) is 2. The Labute approximate surface area is 115 Å². The lowest BCUT2D eigenvalue weighted by molar-refractivity contribution is 0.298. The maximum atomic E-state index is 5.90. The van der Waals surface area contributed by atoms with Gasteiger partial charge in [-0.05, 0) is 17.7 Å². The summed E-state index contributed by atoms with van der Waals surface area (Å²) >= 11 is 3.47. The van der Waals surface area contributed by atoms with Crippen LogP contribution >= 0.6 is 15.9 Å². The molecule has 3 rings (SSSR count). The molecule has 92 valence electrons. The highest BCUT2D eigenvalue weighted by molar-refractivity contribution is 9.10. The second-order valence-corrected chi connectivity index (χ2v) is 5.19. The molecule has 2 aromatic rings. The van der Waals surface area contributed by atoms with Gasteiger partial charge in [-0.2, -0.15) is 0 Å². The highest BCUT2D eigenvalue weighted by Crippen LogP contribution is 2.37. The van der Waals surface area contributed by atoms with Crippen LogP contribution in [0.2, 0.25) is 0 Å². The Hall–Kier alpha value is -1.32. The van der Waals surface area contributed by atoms with Gasteiger partial charge < -0.3 is 9.47 Å². The third-order valence-corrected chi connectivity index (χ3v) is 3.39. The van der Waals surface area contributed by atoms with Crippen LogP contribution < -0.4 is 4.74 Å². The first-order valence-electron chi connectivity index (χ1n) is 5.91. The standard InChI is InChI=1S/C15H13BrO2/c16-12-6-7-13(15-10-18-15)14(8-12)17-9-11-4-2-1-3-5-11/h1-8,15H,9-10H2/t15-/m1/s1. The van der Waals surface area contributed by atoms with Gasteiger partial charge in [-0.15, -0.1) is 0 Å². The van der Waals surface area contributed by atoms with E-state index in [9.17, 15) is 0 Å². The van der Waals surface area contributed by atoms with Crippen LogP contribution in [-0.2, 0) is 11.3 Å². The maximum Gasteiger partial charge on any atom is 0.126 e. The van der Waals surface area contributed by atoms with Crippen LogP contribution in [-0.4, -0.2) is 6.61 Å². The van der Waals surface area contributed by atoms with E-state index in [1.165, 1.54) is 5.56 Å². The fraction of sp³-hybridized carbons (Fsp3) is 0.200. The molecule has 3 heteroatoms. The minimum absolute atomic E-state index is 0.212. The Morgan fingerprint density at radius 2 is 1.94 bits per heavy atom. The fourth-order valence-corrected chi connectivity index (χ4v) is 2.20. The molecule has 1 atom stereocenters. The lowest BCUT2D eigenvalue weighted by Crippen LogP contribution is -1.98. The Balaban J connectivity index is 1.77. The van der Waals surface area contributed by atoms with E-state index in [2.05, 4.69) is 34.1 Å². The summed E-state index contributed by atoms with van der Waals surface area (Å²) in [6, 6.07) is 16.2. The van der Waals surface area contributed by atoms with Gasteiger partial charge in [0.1, 0.15) is 18.5 Å². The lowest BCUT2D eigenvalue weighted by Gasteiger charge is -2.10. The second kappa shape index (κ2) is 5.12. The molecule has 2 aromatic carbocycles. The van der Waals surface area contributed by atoms with Crippen molar-refractivity contribution in [2.75, 3.05) is 6.61 Å². The third kappa shape index (κ3) is 2.74. The van der Waals surface area contributed by atoms with Gasteiger partial charge in [0.25, 0.3) is 0 Å². The summed E-state index contributed by atoms with van der Waals surface area (Å²) in [6.07, 6.45) is 0.212. The molecule has 0 saturated carbocycles. The van der Waals surface area contributed by atoms with Crippen LogP contribution in [0.15, 0.2) is 53.0 Å². The van der Waals surface area contributed by atoms with Gasteiger partial charge in [0.05, 0.1) is 6.61 Å². The summed E-state index contributed by atoms with van der Waals surface area (Å²) in [6.45, 7) is 1.38. The van der Waals surface area contributed by atoms with E-state index >= 15 is 0 Å². The van der Waals surface area contributed by atoms with Gasteiger partial charge in [-0.25, -0.2) is 0 Å². The van der Waals surface area contributed by atoms with Crippen molar-refractivity contribution in [2.45, 2.75) is 12.7 Å². The zero-order valence-corrected chi connectivity index (χ0v) is 11.4. The van der Waals surface area contributed by atoms with Crippen molar-refractivity contribution in [3.63, 3.8) is 0 Å². The molecule has 0 spiro atoms. The Bertz CT molecular complexity index is 535. The van der Waals surface area contributed by atoms with Crippen LogP contribution in [0, 0.1) is 0 Å². The molecule has 1 aliphatic heterocycles. The molecule has 0 N–H and O–H groups in total. The smallest absolute Gasteiger partial charge is 0.126 e. The highest BCUT2D eigenvalue weighted by atomic mass is 79.9. The average molecular weight is 305 g/mol. The molecular formula is C15H13BrO2. The number of ether oxygens (including phenoxy) is 2. The molecule has 1 saturated heterocycles. The van der Waals surface area contributed by atoms with Crippen LogP contribution in [0.5, 0.6) is 5.75 Å².